The number of hydrogen-bond acceptors (Lipinski definition) is 1. The minimum atomic E-state index is -0.473. The molecule has 1 nitrogen and oxygen atoms in total. The average molecular weight is 531 g/mol. The number of nitrogens with one attached hydrogen (secondary N) is 1. The Morgan fingerprint density at radius 1 is 1.10 bits per heavy atom. The summed E-state index contributed by atoms with van der Waals surface area (Å²) in [6, 6.07) is 7.80. The first-order chi connectivity index (χ1) is 9.93. The Hall–Kier alpha value is -0.0500. The molecule has 21 heavy (non-hydrogen) atoms. The van der Waals surface area contributed by atoms with Crippen LogP contribution in [0.25, 0.3) is 0 Å². The lowest BCUT2D eigenvalue weighted by Crippen LogP contribution is -2.24. The molecule has 0 fully saturated rings. The smallest absolute Gasteiger partial charge is 0.137 e. The van der Waals surface area contributed by atoms with E-state index in [-0.39, 0.29) is 4.47 Å². The third-order valence-electron chi connectivity index (χ3n) is 3.03. The molecule has 2 aromatic rings. The number of hydrogen-bond donors (Lipinski definition) is 1. The van der Waals surface area contributed by atoms with E-state index in [1.807, 2.05) is 25.1 Å². The van der Waals surface area contributed by atoms with Crippen molar-refractivity contribution in [1.29, 1.82) is 0 Å². The maximum absolute atomic E-state index is 14.3. The van der Waals surface area contributed by atoms with E-state index in [4.69, 9.17) is 0 Å². The Morgan fingerprint density at radius 3 is 2.48 bits per heavy atom. The maximum atomic E-state index is 14.3. The quantitative estimate of drug-likeness (QED) is 0.389. The maximum Gasteiger partial charge on any atom is 0.137 e. The van der Waals surface area contributed by atoms with E-state index in [0.717, 1.165) is 13.6 Å². The van der Waals surface area contributed by atoms with Crippen LogP contribution in [0.4, 0.5) is 8.78 Å². The predicted molar refractivity (Wildman–Crippen MR) is 96.4 cm³/mol. The Labute approximate surface area is 152 Å². The first kappa shape index (κ1) is 17.3. The van der Waals surface area contributed by atoms with E-state index < -0.39 is 17.7 Å². The second kappa shape index (κ2) is 7.48. The summed E-state index contributed by atoms with van der Waals surface area (Å²) < 4.78 is 30.1. The van der Waals surface area contributed by atoms with Crippen molar-refractivity contribution < 1.29 is 8.78 Å². The van der Waals surface area contributed by atoms with E-state index in [1.54, 1.807) is 0 Å². The highest BCUT2D eigenvalue weighted by atomic mass is 127. The van der Waals surface area contributed by atoms with Crippen LogP contribution in [0.5, 0.6) is 0 Å². The average Bonchev–Trinajstić information content (AvgIpc) is 2.43. The summed E-state index contributed by atoms with van der Waals surface area (Å²) in [5.74, 6) is -0.913. The molecular formula is C15H12Br2F2IN. The van der Waals surface area contributed by atoms with E-state index in [1.165, 1.54) is 12.1 Å². The fourth-order valence-corrected chi connectivity index (χ4v) is 3.43. The molecule has 112 valence electrons. The molecule has 0 amide bonds. The fourth-order valence-electron chi connectivity index (χ4n) is 2.09. The molecule has 0 bridgehead atoms. The molecule has 0 aliphatic rings. The van der Waals surface area contributed by atoms with Crippen molar-refractivity contribution in [3.63, 3.8) is 0 Å². The van der Waals surface area contributed by atoms with E-state index >= 15 is 0 Å². The summed E-state index contributed by atoms with van der Waals surface area (Å²) in [6.07, 6.45) is 0. The molecule has 0 saturated carbocycles. The molecule has 1 atom stereocenters. The van der Waals surface area contributed by atoms with Gasteiger partial charge >= 0.3 is 0 Å². The van der Waals surface area contributed by atoms with Gasteiger partial charge in [0.2, 0.25) is 0 Å². The van der Waals surface area contributed by atoms with Gasteiger partial charge in [-0.1, -0.05) is 22.9 Å². The SMILES string of the molecule is CCNC(c1cc(F)c(Br)cc1F)c1cc(Br)ccc1I. The van der Waals surface area contributed by atoms with Crippen LogP contribution in [-0.2, 0) is 0 Å². The Bertz CT molecular complexity index is 664. The van der Waals surface area contributed by atoms with Crippen LogP contribution >= 0.6 is 54.5 Å². The number of halogens is 5. The Morgan fingerprint density at radius 2 is 1.81 bits per heavy atom. The third kappa shape index (κ3) is 4.03. The zero-order chi connectivity index (χ0) is 15.6. The van der Waals surface area contributed by atoms with Crippen molar-refractivity contribution in [2.75, 3.05) is 6.54 Å². The zero-order valence-electron chi connectivity index (χ0n) is 11.1. The van der Waals surface area contributed by atoms with Gasteiger partial charge in [-0.25, -0.2) is 8.78 Å². The molecule has 0 aromatic heterocycles. The Kier molecular flexibility index (Phi) is 6.16. The number of benzene rings is 2. The van der Waals surface area contributed by atoms with Crippen LogP contribution in [0.3, 0.4) is 0 Å². The van der Waals surface area contributed by atoms with Crippen molar-refractivity contribution in [3.05, 3.63) is 65.6 Å². The predicted octanol–water partition coefficient (Wildman–Crippen LogP) is 5.79. The molecular weight excluding hydrogens is 519 g/mol. The molecule has 2 rings (SSSR count). The van der Waals surface area contributed by atoms with Crippen LogP contribution in [0, 0.1) is 15.2 Å². The largest absolute Gasteiger partial charge is 0.306 e. The van der Waals surface area contributed by atoms with Gasteiger partial charge in [-0.15, -0.1) is 0 Å². The molecule has 0 heterocycles. The Balaban J connectivity index is 2.58. The second-order valence-electron chi connectivity index (χ2n) is 4.44. The van der Waals surface area contributed by atoms with Crippen LogP contribution < -0.4 is 5.32 Å². The molecule has 1 N–H and O–H groups in total. The normalized spacial score (nSPS) is 12.5. The molecule has 0 aliphatic heterocycles. The van der Waals surface area contributed by atoms with Crippen molar-refractivity contribution in [2.45, 2.75) is 13.0 Å². The first-order valence-corrected chi connectivity index (χ1v) is 8.93. The van der Waals surface area contributed by atoms with Gasteiger partial charge in [0.25, 0.3) is 0 Å². The monoisotopic (exact) mass is 529 g/mol. The highest BCUT2D eigenvalue weighted by Gasteiger charge is 2.21. The number of rotatable bonds is 4. The lowest BCUT2D eigenvalue weighted by Gasteiger charge is -2.21. The molecule has 0 saturated heterocycles. The topological polar surface area (TPSA) is 12.0 Å². The van der Waals surface area contributed by atoms with Gasteiger partial charge in [-0.05, 0) is 81.0 Å². The van der Waals surface area contributed by atoms with Gasteiger partial charge < -0.3 is 5.32 Å². The molecule has 0 radical (unpaired) electrons. The summed E-state index contributed by atoms with van der Waals surface area (Å²) >= 11 is 8.63. The standard InChI is InChI=1S/C15H12Br2F2IN/c1-2-21-15(10-5-8(16)3-4-14(10)20)9-6-13(19)11(17)7-12(9)18/h3-7,15,21H,2H2,1H3. The van der Waals surface area contributed by atoms with Crippen molar-refractivity contribution in [2.24, 2.45) is 0 Å². The van der Waals surface area contributed by atoms with Gasteiger partial charge in [-0.2, -0.15) is 0 Å². The summed E-state index contributed by atoms with van der Waals surface area (Å²) in [5, 5.41) is 3.22. The summed E-state index contributed by atoms with van der Waals surface area (Å²) in [5.41, 5.74) is 1.21. The molecule has 0 spiro atoms. The zero-order valence-corrected chi connectivity index (χ0v) is 16.4. The van der Waals surface area contributed by atoms with E-state index in [9.17, 15) is 8.78 Å². The molecule has 2 aromatic carbocycles. The van der Waals surface area contributed by atoms with E-state index in [0.29, 0.717) is 12.1 Å². The van der Waals surface area contributed by atoms with Gasteiger partial charge in [-0.3, -0.25) is 0 Å². The van der Waals surface area contributed by atoms with Crippen molar-refractivity contribution in [3.8, 4) is 0 Å². The highest BCUT2D eigenvalue weighted by molar-refractivity contribution is 14.1. The minimum absolute atomic E-state index is 0.128. The molecule has 6 heteroatoms. The lowest BCUT2D eigenvalue weighted by atomic mass is 9.98. The first-order valence-electron chi connectivity index (χ1n) is 6.26. The summed E-state index contributed by atoms with van der Waals surface area (Å²) in [4.78, 5) is 0. The third-order valence-corrected chi connectivity index (χ3v) is 5.11. The van der Waals surface area contributed by atoms with Gasteiger partial charge in [0.15, 0.2) is 0 Å². The summed E-state index contributed by atoms with van der Waals surface area (Å²) in [7, 11) is 0. The molecule has 1 unspecified atom stereocenters. The van der Waals surface area contributed by atoms with Crippen molar-refractivity contribution in [1.82, 2.24) is 5.32 Å². The van der Waals surface area contributed by atoms with Crippen LogP contribution in [0.2, 0.25) is 0 Å². The highest BCUT2D eigenvalue weighted by Crippen LogP contribution is 2.32. The summed E-state index contributed by atoms with van der Waals surface area (Å²) in [6.45, 7) is 2.58. The van der Waals surface area contributed by atoms with Crippen LogP contribution in [0.1, 0.15) is 24.1 Å². The molecule has 0 aliphatic carbocycles. The van der Waals surface area contributed by atoms with Gasteiger partial charge in [0.05, 0.1) is 10.5 Å². The van der Waals surface area contributed by atoms with Crippen LogP contribution in [0.15, 0.2) is 39.3 Å². The minimum Gasteiger partial charge on any atom is -0.306 e. The van der Waals surface area contributed by atoms with Gasteiger partial charge in [0, 0.05) is 13.6 Å². The van der Waals surface area contributed by atoms with Gasteiger partial charge in [0.1, 0.15) is 11.6 Å². The van der Waals surface area contributed by atoms with E-state index in [2.05, 4.69) is 59.8 Å². The van der Waals surface area contributed by atoms with Crippen molar-refractivity contribution >= 4 is 54.5 Å². The lowest BCUT2D eigenvalue weighted by molar-refractivity contribution is 0.541. The van der Waals surface area contributed by atoms with Crippen LogP contribution in [-0.4, -0.2) is 6.54 Å². The second-order valence-corrected chi connectivity index (χ2v) is 7.38. The fraction of sp³-hybridized carbons (Fsp3) is 0.200.